The Morgan fingerprint density at radius 1 is 1.31 bits per heavy atom. The van der Waals surface area contributed by atoms with Gasteiger partial charge in [0.1, 0.15) is 12.4 Å². The van der Waals surface area contributed by atoms with Gasteiger partial charge in [-0.05, 0) is 23.1 Å². The van der Waals surface area contributed by atoms with Crippen molar-refractivity contribution in [1.82, 2.24) is 30.6 Å². The van der Waals surface area contributed by atoms with Crippen molar-refractivity contribution in [2.75, 3.05) is 0 Å². The lowest BCUT2D eigenvalue weighted by Gasteiger charge is -2.28. The van der Waals surface area contributed by atoms with E-state index in [1.807, 2.05) is 32.9 Å². The van der Waals surface area contributed by atoms with E-state index in [2.05, 4.69) is 30.6 Å². The molecule has 0 aliphatic heterocycles. The molecule has 9 nitrogen and oxygen atoms in total. The first kappa shape index (κ1) is 17.7. The number of aromatic nitrogens is 5. The third kappa shape index (κ3) is 3.77. The molecule has 26 heavy (non-hydrogen) atoms. The Kier molecular flexibility index (Phi) is 4.81. The molecule has 0 radical (unpaired) electrons. The number of rotatable bonds is 5. The average Bonchev–Trinajstić information content (AvgIpc) is 3.29. The number of hydrogen-bond donors (Lipinski definition) is 3. The summed E-state index contributed by atoms with van der Waals surface area (Å²) in [5, 5.41) is 13.3. The molecule has 2 heterocycles. The maximum atomic E-state index is 12.6. The zero-order chi connectivity index (χ0) is 18.7. The van der Waals surface area contributed by atoms with Gasteiger partial charge in [-0.25, -0.2) is 4.98 Å². The third-order valence-electron chi connectivity index (χ3n) is 3.91. The van der Waals surface area contributed by atoms with Crippen molar-refractivity contribution < 1.29 is 9.32 Å². The average molecular weight is 355 g/mol. The Balaban J connectivity index is 1.83. The van der Waals surface area contributed by atoms with Crippen LogP contribution in [0.15, 0.2) is 35.1 Å². The highest BCUT2D eigenvalue weighted by Gasteiger charge is 2.33. The minimum Gasteiger partial charge on any atom is -0.340 e. The van der Waals surface area contributed by atoms with E-state index < -0.39 is 6.04 Å². The van der Waals surface area contributed by atoms with Crippen LogP contribution in [-0.2, 0) is 6.54 Å². The van der Waals surface area contributed by atoms with Crippen molar-refractivity contribution in [3.8, 4) is 11.6 Å². The van der Waals surface area contributed by atoms with Crippen LogP contribution >= 0.6 is 0 Å². The van der Waals surface area contributed by atoms with Crippen molar-refractivity contribution in [2.24, 2.45) is 11.1 Å². The van der Waals surface area contributed by atoms with Crippen molar-refractivity contribution >= 4 is 5.91 Å². The Morgan fingerprint density at radius 3 is 2.62 bits per heavy atom. The van der Waals surface area contributed by atoms with Gasteiger partial charge in [-0.3, -0.25) is 9.89 Å². The van der Waals surface area contributed by atoms with E-state index in [1.54, 1.807) is 12.1 Å². The second-order valence-corrected chi connectivity index (χ2v) is 6.96. The number of carbonyl (C=O) groups excluding carboxylic acids is 1. The van der Waals surface area contributed by atoms with Gasteiger partial charge in [0.25, 0.3) is 5.91 Å². The normalized spacial score (nSPS) is 12.8. The van der Waals surface area contributed by atoms with Gasteiger partial charge in [0.2, 0.25) is 11.7 Å². The summed E-state index contributed by atoms with van der Waals surface area (Å²) in [5.74, 6) is 0.758. The monoisotopic (exact) mass is 355 g/mol. The van der Waals surface area contributed by atoms with E-state index in [0.717, 1.165) is 5.56 Å². The van der Waals surface area contributed by atoms with Crippen LogP contribution in [0.5, 0.6) is 0 Å². The zero-order valence-electron chi connectivity index (χ0n) is 14.9. The van der Waals surface area contributed by atoms with Crippen LogP contribution in [0.2, 0.25) is 0 Å². The molecule has 0 aliphatic rings. The predicted molar refractivity (Wildman–Crippen MR) is 93.7 cm³/mol. The van der Waals surface area contributed by atoms with E-state index in [9.17, 15) is 4.79 Å². The van der Waals surface area contributed by atoms with Crippen LogP contribution in [0, 0.1) is 5.41 Å². The van der Waals surface area contributed by atoms with Gasteiger partial charge < -0.3 is 15.6 Å². The summed E-state index contributed by atoms with van der Waals surface area (Å²) in [6.45, 7) is 6.37. The molecule has 1 aromatic carbocycles. The highest BCUT2D eigenvalue weighted by atomic mass is 16.5. The molecule has 0 saturated heterocycles. The molecule has 0 fully saturated rings. The van der Waals surface area contributed by atoms with Crippen molar-refractivity contribution in [3.63, 3.8) is 0 Å². The molecule has 0 aliphatic carbocycles. The molecule has 1 atom stereocenters. The number of carbonyl (C=O) groups is 1. The second-order valence-electron chi connectivity index (χ2n) is 6.96. The van der Waals surface area contributed by atoms with Crippen LogP contribution in [0.1, 0.15) is 48.6 Å². The fraction of sp³-hybridized carbons (Fsp3) is 0.353. The molecule has 1 amide bonds. The van der Waals surface area contributed by atoms with Gasteiger partial charge in [-0.15, -0.1) is 0 Å². The molecule has 3 rings (SSSR count). The minimum atomic E-state index is -0.478. The van der Waals surface area contributed by atoms with Crippen molar-refractivity contribution in [3.05, 3.63) is 47.6 Å². The number of amides is 1. The Morgan fingerprint density at radius 2 is 2.04 bits per heavy atom. The molecule has 4 N–H and O–H groups in total. The lowest BCUT2D eigenvalue weighted by atomic mass is 9.86. The van der Waals surface area contributed by atoms with E-state index in [-0.39, 0.29) is 17.1 Å². The summed E-state index contributed by atoms with van der Waals surface area (Å²) in [7, 11) is 0. The molecule has 3 aromatic rings. The summed E-state index contributed by atoms with van der Waals surface area (Å²) in [6.07, 6.45) is 1.36. The van der Waals surface area contributed by atoms with Gasteiger partial charge in [-0.2, -0.15) is 10.1 Å². The fourth-order valence-electron chi connectivity index (χ4n) is 2.42. The SMILES string of the molecule is CC(C)(C)C(NC(=O)c1ccc(CN)cc1)c1nc(-c2ncn[nH]2)no1. The van der Waals surface area contributed by atoms with E-state index in [4.69, 9.17) is 10.3 Å². The number of hydrogen-bond acceptors (Lipinski definition) is 7. The standard InChI is InChI=1S/C17H21N7O2/c1-17(2,3)12(16-22-14(24-26-16)13-19-9-20-23-13)21-15(25)11-6-4-10(8-18)5-7-11/h4-7,9,12H,8,18H2,1-3H3,(H,21,25)(H,19,20,23). The predicted octanol–water partition coefficient (Wildman–Crippen LogP) is 1.83. The summed E-state index contributed by atoms with van der Waals surface area (Å²) in [6, 6.07) is 6.66. The molecular weight excluding hydrogens is 334 g/mol. The molecule has 1 unspecified atom stereocenters. The molecule has 136 valence electrons. The Hall–Kier alpha value is -3.07. The molecular formula is C17H21N7O2. The summed E-state index contributed by atoms with van der Waals surface area (Å²) < 4.78 is 5.37. The number of H-pyrrole nitrogens is 1. The molecule has 0 bridgehead atoms. The Labute approximate surface area is 150 Å². The van der Waals surface area contributed by atoms with Gasteiger partial charge >= 0.3 is 0 Å². The van der Waals surface area contributed by atoms with Crippen LogP contribution in [0.25, 0.3) is 11.6 Å². The Bertz CT molecular complexity index is 863. The van der Waals surface area contributed by atoms with Crippen LogP contribution in [-0.4, -0.2) is 31.2 Å². The fourth-order valence-corrected chi connectivity index (χ4v) is 2.42. The van der Waals surface area contributed by atoms with Crippen LogP contribution < -0.4 is 11.1 Å². The first-order valence-corrected chi connectivity index (χ1v) is 8.17. The van der Waals surface area contributed by atoms with Gasteiger partial charge in [0, 0.05) is 12.1 Å². The maximum absolute atomic E-state index is 12.6. The van der Waals surface area contributed by atoms with Crippen molar-refractivity contribution in [1.29, 1.82) is 0 Å². The van der Waals surface area contributed by atoms with Crippen LogP contribution in [0.3, 0.4) is 0 Å². The zero-order valence-corrected chi connectivity index (χ0v) is 14.9. The highest BCUT2D eigenvalue weighted by Crippen LogP contribution is 2.32. The van der Waals surface area contributed by atoms with E-state index >= 15 is 0 Å². The largest absolute Gasteiger partial charge is 0.340 e. The number of nitrogens with two attached hydrogens (primary N) is 1. The first-order valence-electron chi connectivity index (χ1n) is 8.17. The number of benzene rings is 1. The lowest BCUT2D eigenvalue weighted by Crippen LogP contribution is -2.36. The quantitative estimate of drug-likeness (QED) is 0.635. The maximum Gasteiger partial charge on any atom is 0.251 e. The van der Waals surface area contributed by atoms with Gasteiger partial charge in [0.15, 0.2) is 5.82 Å². The molecule has 9 heteroatoms. The lowest BCUT2D eigenvalue weighted by molar-refractivity contribution is 0.0881. The highest BCUT2D eigenvalue weighted by molar-refractivity contribution is 5.94. The smallest absolute Gasteiger partial charge is 0.251 e. The number of nitrogens with one attached hydrogen (secondary N) is 2. The van der Waals surface area contributed by atoms with Gasteiger partial charge in [-0.1, -0.05) is 38.1 Å². The van der Waals surface area contributed by atoms with Gasteiger partial charge in [0.05, 0.1) is 0 Å². The van der Waals surface area contributed by atoms with Crippen LogP contribution in [0.4, 0.5) is 0 Å². The number of nitrogens with zero attached hydrogens (tertiary/aromatic N) is 4. The minimum absolute atomic E-state index is 0.229. The number of aromatic amines is 1. The molecule has 0 spiro atoms. The van der Waals surface area contributed by atoms with E-state index in [0.29, 0.717) is 23.8 Å². The third-order valence-corrected chi connectivity index (χ3v) is 3.91. The van der Waals surface area contributed by atoms with E-state index in [1.165, 1.54) is 6.33 Å². The summed E-state index contributed by atoms with van der Waals surface area (Å²) >= 11 is 0. The second kappa shape index (κ2) is 7.04. The first-order chi connectivity index (χ1) is 12.4. The summed E-state index contributed by atoms with van der Waals surface area (Å²) in [5.41, 5.74) is 6.74. The molecule has 2 aromatic heterocycles. The van der Waals surface area contributed by atoms with Crippen molar-refractivity contribution in [2.45, 2.75) is 33.4 Å². The topological polar surface area (TPSA) is 136 Å². The summed E-state index contributed by atoms with van der Waals surface area (Å²) in [4.78, 5) is 21.0. The molecule has 0 saturated carbocycles.